The van der Waals surface area contributed by atoms with Crippen LogP contribution >= 0.6 is 22.6 Å². The Morgan fingerprint density at radius 2 is 1.91 bits per heavy atom. The average Bonchev–Trinajstić information content (AvgIpc) is 2.55. The molecular weight excluding hydrogens is 478 g/mol. The number of hydrogen-bond acceptors (Lipinski definition) is 3. The zero-order valence-electron chi connectivity index (χ0n) is 13.6. The Bertz CT molecular complexity index is 581. The number of benzene rings is 1. The molecule has 0 atom stereocenters. The van der Waals surface area contributed by atoms with Crippen LogP contribution in [0, 0.1) is 6.08 Å². The Balaban J connectivity index is 0.00000264. The third-order valence-electron chi connectivity index (χ3n) is 3.41. The number of likely N-dealkylation sites (N-methyl/N-ethyl adjacent to an activating group) is 1. The van der Waals surface area contributed by atoms with Gasteiger partial charge in [-0.05, 0) is 24.8 Å². The molecule has 0 N–H and O–H groups in total. The number of methoxy groups -OCH3 is 1. The molecule has 5 heteroatoms. The Kier molecular flexibility index (Phi) is 9.67. The van der Waals surface area contributed by atoms with E-state index in [2.05, 4.69) is 59.2 Å². The molecule has 3 nitrogen and oxygen atoms in total. The standard InChI is InChI=1S/C18H21INO2.Y/c1-4-20-14(2)17(19)10-11-18(20)15-6-8-16(9-7-15)22-13-5-12-21-3;/h6-10H,2,4-5,12-13H2,1,3H3;/q-1;. The molecule has 0 aromatic heterocycles. The second-order valence-corrected chi connectivity index (χ2v) is 6.06. The normalized spacial score (nSPS) is 14.0. The van der Waals surface area contributed by atoms with Crippen molar-refractivity contribution >= 4 is 28.3 Å². The minimum atomic E-state index is 0. The average molecular weight is 499 g/mol. The van der Waals surface area contributed by atoms with E-state index in [9.17, 15) is 0 Å². The van der Waals surface area contributed by atoms with Crippen LogP contribution in [0.3, 0.4) is 0 Å². The zero-order valence-corrected chi connectivity index (χ0v) is 18.6. The SMILES string of the molecule is C=C1C(I)=C[C-]=C(c2ccc(OCCCOC)cc2)N1CC.[Y]. The molecule has 0 saturated heterocycles. The molecule has 0 fully saturated rings. The largest absolute Gasteiger partial charge is 0.494 e. The first kappa shape index (κ1) is 20.9. The van der Waals surface area contributed by atoms with Gasteiger partial charge in [-0.1, -0.05) is 21.4 Å². The summed E-state index contributed by atoms with van der Waals surface area (Å²) in [6.45, 7) is 8.53. The van der Waals surface area contributed by atoms with E-state index in [1.54, 1.807) is 7.11 Å². The van der Waals surface area contributed by atoms with E-state index in [-0.39, 0.29) is 32.7 Å². The van der Waals surface area contributed by atoms with E-state index in [0.29, 0.717) is 6.61 Å². The molecule has 1 aliphatic heterocycles. The van der Waals surface area contributed by atoms with Gasteiger partial charge < -0.3 is 14.4 Å². The summed E-state index contributed by atoms with van der Waals surface area (Å²) in [7, 11) is 1.70. The fourth-order valence-corrected chi connectivity index (χ4v) is 2.69. The molecule has 1 aromatic carbocycles. The molecule has 121 valence electrons. The molecule has 1 heterocycles. The number of nitrogens with zero attached hydrogens (tertiary/aromatic N) is 1. The van der Waals surface area contributed by atoms with Crippen molar-refractivity contribution in [1.82, 2.24) is 4.90 Å². The summed E-state index contributed by atoms with van der Waals surface area (Å²) in [5.41, 5.74) is 3.20. The fraction of sp³-hybridized carbons (Fsp3) is 0.333. The second kappa shape index (κ2) is 10.6. The van der Waals surface area contributed by atoms with Crippen molar-refractivity contribution in [2.75, 3.05) is 26.9 Å². The van der Waals surface area contributed by atoms with Crippen LogP contribution in [0.4, 0.5) is 0 Å². The van der Waals surface area contributed by atoms with Crippen LogP contribution in [0.25, 0.3) is 5.70 Å². The smallest absolute Gasteiger partial charge is 0.117 e. The van der Waals surface area contributed by atoms with E-state index >= 15 is 0 Å². The van der Waals surface area contributed by atoms with E-state index in [1.807, 2.05) is 18.2 Å². The van der Waals surface area contributed by atoms with Gasteiger partial charge in [-0.25, -0.2) is 0 Å². The van der Waals surface area contributed by atoms with Crippen molar-refractivity contribution in [2.24, 2.45) is 0 Å². The third-order valence-corrected chi connectivity index (χ3v) is 4.35. The Morgan fingerprint density at radius 1 is 1.22 bits per heavy atom. The topological polar surface area (TPSA) is 21.7 Å². The van der Waals surface area contributed by atoms with Crippen LogP contribution in [0.5, 0.6) is 5.75 Å². The Hall–Kier alpha value is -0.166. The van der Waals surface area contributed by atoms with Crippen LogP contribution < -0.4 is 4.74 Å². The third kappa shape index (κ3) is 5.70. The fourth-order valence-electron chi connectivity index (χ4n) is 2.25. The van der Waals surface area contributed by atoms with E-state index in [4.69, 9.17) is 9.47 Å². The van der Waals surface area contributed by atoms with Gasteiger partial charge in [-0.15, -0.1) is 34.7 Å². The summed E-state index contributed by atoms with van der Waals surface area (Å²) in [4.78, 5) is 2.18. The molecule has 0 spiro atoms. The van der Waals surface area contributed by atoms with Crippen LogP contribution in [-0.2, 0) is 37.4 Å². The zero-order chi connectivity index (χ0) is 15.9. The summed E-state index contributed by atoms with van der Waals surface area (Å²) in [5.74, 6) is 0.878. The number of ether oxygens (including phenoxy) is 2. The molecule has 0 bridgehead atoms. The van der Waals surface area contributed by atoms with Gasteiger partial charge in [-0.3, -0.25) is 0 Å². The minimum Gasteiger partial charge on any atom is -0.494 e. The maximum Gasteiger partial charge on any atom is 0.117 e. The van der Waals surface area contributed by atoms with Crippen LogP contribution in [-0.4, -0.2) is 31.8 Å². The van der Waals surface area contributed by atoms with Gasteiger partial charge in [0.1, 0.15) is 5.75 Å². The molecule has 0 amide bonds. The van der Waals surface area contributed by atoms with Gasteiger partial charge in [-0.2, -0.15) is 12.2 Å². The second-order valence-electron chi connectivity index (χ2n) is 4.90. The van der Waals surface area contributed by atoms with Gasteiger partial charge in [0.05, 0.1) is 6.61 Å². The van der Waals surface area contributed by atoms with Crippen LogP contribution in [0.2, 0.25) is 0 Å². The predicted octanol–water partition coefficient (Wildman–Crippen LogP) is 4.41. The first-order valence-electron chi connectivity index (χ1n) is 7.35. The quantitative estimate of drug-likeness (QED) is 0.316. The summed E-state index contributed by atoms with van der Waals surface area (Å²) in [6, 6.07) is 8.12. The summed E-state index contributed by atoms with van der Waals surface area (Å²) in [5, 5.41) is 0. The summed E-state index contributed by atoms with van der Waals surface area (Å²) in [6.07, 6.45) is 6.23. The molecule has 1 aromatic rings. The van der Waals surface area contributed by atoms with Crippen molar-refractivity contribution in [3.8, 4) is 5.75 Å². The maximum absolute atomic E-state index is 5.69. The van der Waals surface area contributed by atoms with Gasteiger partial charge in [0.15, 0.2) is 0 Å². The minimum absolute atomic E-state index is 0. The number of rotatable bonds is 7. The van der Waals surface area contributed by atoms with Crippen molar-refractivity contribution in [2.45, 2.75) is 13.3 Å². The molecule has 23 heavy (non-hydrogen) atoms. The molecular formula is C18H21INO2Y-. The maximum atomic E-state index is 5.69. The van der Waals surface area contributed by atoms with Gasteiger partial charge in [0, 0.05) is 59.4 Å². The number of hydrogen-bond donors (Lipinski definition) is 0. The van der Waals surface area contributed by atoms with Crippen molar-refractivity contribution < 1.29 is 42.2 Å². The first-order chi connectivity index (χ1) is 10.7. The van der Waals surface area contributed by atoms with Gasteiger partial charge >= 0.3 is 0 Å². The first-order valence-corrected chi connectivity index (χ1v) is 8.43. The molecule has 2 rings (SSSR count). The van der Waals surface area contributed by atoms with Crippen LogP contribution in [0.15, 0.2) is 46.2 Å². The number of allylic oxidation sites excluding steroid dienone is 3. The summed E-state index contributed by atoms with van der Waals surface area (Å²) >= 11 is 2.29. The van der Waals surface area contributed by atoms with Crippen molar-refractivity contribution in [3.63, 3.8) is 0 Å². The van der Waals surface area contributed by atoms with Gasteiger partial charge in [0.2, 0.25) is 0 Å². The van der Waals surface area contributed by atoms with Crippen molar-refractivity contribution in [1.29, 1.82) is 0 Å². The van der Waals surface area contributed by atoms with E-state index in [0.717, 1.165) is 45.9 Å². The van der Waals surface area contributed by atoms with Crippen molar-refractivity contribution in [3.05, 3.63) is 57.8 Å². The molecule has 0 aliphatic carbocycles. The Morgan fingerprint density at radius 3 is 2.52 bits per heavy atom. The molecule has 1 aliphatic rings. The Labute approximate surface area is 177 Å². The monoisotopic (exact) mass is 499 g/mol. The predicted molar refractivity (Wildman–Crippen MR) is 98.7 cm³/mol. The van der Waals surface area contributed by atoms with Gasteiger partial charge in [0.25, 0.3) is 0 Å². The molecule has 0 unspecified atom stereocenters. The van der Waals surface area contributed by atoms with Crippen LogP contribution in [0.1, 0.15) is 18.9 Å². The molecule has 0 saturated carbocycles. The molecule has 1 radical (unpaired) electrons. The van der Waals surface area contributed by atoms with E-state index in [1.165, 1.54) is 0 Å². The number of halogens is 1. The van der Waals surface area contributed by atoms with E-state index < -0.39 is 0 Å². The summed E-state index contributed by atoms with van der Waals surface area (Å²) < 4.78 is 11.8.